The van der Waals surface area contributed by atoms with Crippen molar-refractivity contribution in [1.82, 2.24) is 4.90 Å². The number of carbonyl (C=O) groups is 2. The molecule has 1 heterocycles. The van der Waals surface area contributed by atoms with Gasteiger partial charge in [-0.3, -0.25) is 9.59 Å². The summed E-state index contributed by atoms with van der Waals surface area (Å²) in [6.07, 6.45) is 1.64. The quantitative estimate of drug-likeness (QED) is 0.754. The minimum Gasteiger partial charge on any atom is -0.466 e. The van der Waals surface area contributed by atoms with Crippen LogP contribution in [0.15, 0.2) is 0 Å². The molecule has 18 heavy (non-hydrogen) atoms. The first-order chi connectivity index (χ1) is 8.42. The lowest BCUT2D eigenvalue weighted by molar-refractivity contribution is -0.152. The van der Waals surface area contributed by atoms with Crippen molar-refractivity contribution < 1.29 is 14.3 Å². The third-order valence-corrected chi connectivity index (χ3v) is 3.42. The second kappa shape index (κ2) is 6.18. The number of ether oxygens (including phenoxy) is 1. The van der Waals surface area contributed by atoms with Gasteiger partial charge in [-0.1, -0.05) is 0 Å². The van der Waals surface area contributed by atoms with Crippen LogP contribution in [-0.4, -0.2) is 43.0 Å². The zero-order chi connectivity index (χ0) is 13.8. The van der Waals surface area contributed by atoms with Crippen LogP contribution in [0.3, 0.4) is 0 Å². The first-order valence-electron chi connectivity index (χ1n) is 6.58. The number of carbonyl (C=O) groups excluding carboxylic acids is 2. The van der Waals surface area contributed by atoms with Crippen LogP contribution < -0.4 is 5.73 Å². The monoisotopic (exact) mass is 256 g/mol. The molecule has 2 N–H and O–H groups in total. The van der Waals surface area contributed by atoms with E-state index >= 15 is 0 Å². The molecular formula is C13H24N2O3. The lowest BCUT2D eigenvalue weighted by Gasteiger charge is -2.36. The van der Waals surface area contributed by atoms with Gasteiger partial charge in [-0.15, -0.1) is 0 Å². The Hall–Kier alpha value is -1.10. The van der Waals surface area contributed by atoms with E-state index in [4.69, 9.17) is 10.5 Å². The highest BCUT2D eigenvalue weighted by Gasteiger charge is 2.35. The predicted molar refractivity (Wildman–Crippen MR) is 68.8 cm³/mol. The Balaban J connectivity index is 2.64. The van der Waals surface area contributed by atoms with Gasteiger partial charge in [0.15, 0.2) is 0 Å². The molecule has 1 unspecified atom stereocenters. The second-order valence-corrected chi connectivity index (χ2v) is 5.43. The fourth-order valence-electron chi connectivity index (χ4n) is 2.13. The Labute approximate surface area is 109 Å². The highest BCUT2D eigenvalue weighted by molar-refractivity contribution is 5.83. The van der Waals surface area contributed by atoms with Crippen molar-refractivity contribution in [3.05, 3.63) is 0 Å². The Morgan fingerprint density at radius 3 is 2.67 bits per heavy atom. The summed E-state index contributed by atoms with van der Waals surface area (Å²) in [5.41, 5.74) is 5.06. The summed E-state index contributed by atoms with van der Waals surface area (Å²) >= 11 is 0. The molecule has 0 bridgehead atoms. The smallest absolute Gasteiger partial charge is 0.310 e. The number of likely N-dealkylation sites (tertiary alicyclic amines) is 1. The van der Waals surface area contributed by atoms with E-state index in [1.165, 1.54) is 0 Å². The van der Waals surface area contributed by atoms with Gasteiger partial charge in [0.1, 0.15) is 0 Å². The van der Waals surface area contributed by atoms with Crippen LogP contribution >= 0.6 is 0 Å². The van der Waals surface area contributed by atoms with E-state index in [9.17, 15) is 9.59 Å². The zero-order valence-electron chi connectivity index (χ0n) is 11.6. The average Bonchev–Trinajstić information content (AvgIpc) is 2.38. The Morgan fingerprint density at radius 2 is 2.11 bits per heavy atom. The molecule has 0 aromatic carbocycles. The Bertz CT molecular complexity index is 315. The number of esters is 1. The van der Waals surface area contributed by atoms with Crippen molar-refractivity contribution in [1.29, 1.82) is 0 Å². The normalized spacial score (nSPS) is 20.7. The van der Waals surface area contributed by atoms with Crippen LogP contribution in [0.25, 0.3) is 0 Å². The van der Waals surface area contributed by atoms with Crippen LogP contribution in [0.1, 0.15) is 33.6 Å². The van der Waals surface area contributed by atoms with E-state index in [2.05, 4.69) is 0 Å². The van der Waals surface area contributed by atoms with Gasteiger partial charge in [-0.25, -0.2) is 0 Å². The third kappa shape index (κ3) is 3.45. The van der Waals surface area contributed by atoms with Crippen LogP contribution in [0.5, 0.6) is 0 Å². The number of nitrogens with zero attached hydrogens (tertiary/aromatic N) is 1. The van der Waals surface area contributed by atoms with Crippen LogP contribution in [0.2, 0.25) is 0 Å². The summed E-state index contributed by atoms with van der Waals surface area (Å²) in [5.74, 6) is -0.351. The highest BCUT2D eigenvalue weighted by atomic mass is 16.5. The first-order valence-corrected chi connectivity index (χ1v) is 6.58. The van der Waals surface area contributed by atoms with Gasteiger partial charge in [0.25, 0.3) is 0 Å². The number of hydrogen-bond donors (Lipinski definition) is 1. The summed E-state index contributed by atoms with van der Waals surface area (Å²) in [4.78, 5) is 25.7. The molecule has 5 nitrogen and oxygen atoms in total. The van der Waals surface area contributed by atoms with E-state index < -0.39 is 5.41 Å². The standard InChI is InChI=1S/C13H24N2O3/c1-4-18-11(16)10-6-5-7-15(8-10)12(17)13(2,3)9-14/h10H,4-9,14H2,1-3H3. The van der Waals surface area contributed by atoms with Gasteiger partial charge in [0.2, 0.25) is 5.91 Å². The molecule has 0 radical (unpaired) electrons. The summed E-state index contributed by atoms with van der Waals surface area (Å²) in [6, 6.07) is 0. The second-order valence-electron chi connectivity index (χ2n) is 5.43. The predicted octanol–water partition coefficient (Wildman–Crippen LogP) is 0.773. The topological polar surface area (TPSA) is 72.6 Å². The van der Waals surface area contributed by atoms with Crippen LogP contribution in [0, 0.1) is 11.3 Å². The van der Waals surface area contributed by atoms with Crippen molar-refractivity contribution in [3.63, 3.8) is 0 Å². The van der Waals surface area contributed by atoms with Crippen molar-refractivity contribution in [2.24, 2.45) is 17.1 Å². The van der Waals surface area contributed by atoms with Gasteiger partial charge in [-0.05, 0) is 33.6 Å². The van der Waals surface area contributed by atoms with Crippen molar-refractivity contribution in [3.8, 4) is 0 Å². The van der Waals surface area contributed by atoms with Crippen LogP contribution in [-0.2, 0) is 14.3 Å². The molecule has 1 aliphatic heterocycles. The maximum Gasteiger partial charge on any atom is 0.310 e. The average molecular weight is 256 g/mol. The summed E-state index contributed by atoms with van der Waals surface area (Å²) in [5, 5.41) is 0. The van der Waals surface area contributed by atoms with E-state index in [1.807, 2.05) is 13.8 Å². The van der Waals surface area contributed by atoms with Crippen molar-refractivity contribution >= 4 is 11.9 Å². The van der Waals surface area contributed by atoms with Gasteiger partial charge < -0.3 is 15.4 Å². The highest BCUT2D eigenvalue weighted by Crippen LogP contribution is 2.23. The zero-order valence-corrected chi connectivity index (χ0v) is 11.6. The molecule has 0 aliphatic carbocycles. The molecule has 1 amide bonds. The van der Waals surface area contributed by atoms with Crippen molar-refractivity contribution in [2.75, 3.05) is 26.2 Å². The minimum absolute atomic E-state index is 0.0269. The largest absolute Gasteiger partial charge is 0.466 e. The molecule has 1 fully saturated rings. The molecule has 0 spiro atoms. The molecular weight excluding hydrogens is 232 g/mol. The SMILES string of the molecule is CCOC(=O)C1CCCN(C(=O)C(C)(C)CN)C1. The van der Waals surface area contributed by atoms with E-state index in [0.29, 0.717) is 26.2 Å². The van der Waals surface area contributed by atoms with Gasteiger partial charge in [0.05, 0.1) is 17.9 Å². The molecule has 1 rings (SSSR count). The first kappa shape index (κ1) is 15.0. The van der Waals surface area contributed by atoms with Gasteiger partial charge in [0, 0.05) is 19.6 Å². The maximum atomic E-state index is 12.3. The number of hydrogen-bond acceptors (Lipinski definition) is 4. The number of amides is 1. The van der Waals surface area contributed by atoms with Crippen LogP contribution in [0.4, 0.5) is 0 Å². The van der Waals surface area contributed by atoms with E-state index in [1.54, 1.807) is 11.8 Å². The van der Waals surface area contributed by atoms with E-state index in [0.717, 1.165) is 12.8 Å². The lowest BCUT2D eigenvalue weighted by Crippen LogP contribution is -2.49. The molecule has 104 valence electrons. The molecule has 0 aromatic heterocycles. The fourth-order valence-corrected chi connectivity index (χ4v) is 2.13. The molecule has 0 saturated carbocycles. The molecule has 0 aromatic rings. The van der Waals surface area contributed by atoms with E-state index in [-0.39, 0.29) is 17.8 Å². The number of rotatable bonds is 4. The summed E-state index contributed by atoms with van der Waals surface area (Å²) < 4.78 is 5.02. The number of nitrogens with two attached hydrogens (primary N) is 1. The van der Waals surface area contributed by atoms with Gasteiger partial charge in [-0.2, -0.15) is 0 Å². The fraction of sp³-hybridized carbons (Fsp3) is 0.846. The molecule has 1 saturated heterocycles. The summed E-state index contributed by atoms with van der Waals surface area (Å²) in [6.45, 7) is 7.33. The van der Waals surface area contributed by atoms with Crippen molar-refractivity contribution in [2.45, 2.75) is 33.6 Å². The summed E-state index contributed by atoms with van der Waals surface area (Å²) in [7, 11) is 0. The minimum atomic E-state index is -0.559. The molecule has 5 heteroatoms. The maximum absolute atomic E-state index is 12.3. The third-order valence-electron chi connectivity index (χ3n) is 3.42. The Morgan fingerprint density at radius 1 is 1.44 bits per heavy atom. The lowest BCUT2D eigenvalue weighted by atomic mass is 9.89. The molecule has 1 aliphatic rings. The Kier molecular flexibility index (Phi) is 5.14. The molecule has 1 atom stereocenters. The number of piperidine rings is 1. The van der Waals surface area contributed by atoms with Gasteiger partial charge >= 0.3 is 5.97 Å².